The molecular formula is C25H43NO. The molecule has 0 aliphatic carbocycles. The van der Waals surface area contributed by atoms with Crippen LogP contribution in [0.1, 0.15) is 102 Å². The Labute approximate surface area is 168 Å². The Balaban J connectivity index is 2.93. The van der Waals surface area contributed by atoms with Crippen molar-refractivity contribution in [1.82, 2.24) is 4.90 Å². The van der Waals surface area contributed by atoms with E-state index in [0.717, 1.165) is 37.9 Å². The fraction of sp³-hybridized carbons (Fsp3) is 0.720. The molecule has 2 atom stereocenters. The number of unbranched alkanes of at least 4 members (excludes halogenated alkanes) is 2. The number of carbonyl (C=O) groups is 1. The summed E-state index contributed by atoms with van der Waals surface area (Å²) in [6.45, 7) is 13.0. The highest BCUT2D eigenvalue weighted by Crippen LogP contribution is 2.21. The molecule has 154 valence electrons. The van der Waals surface area contributed by atoms with E-state index in [1.807, 2.05) is 12.1 Å². The third-order valence-electron chi connectivity index (χ3n) is 5.94. The van der Waals surface area contributed by atoms with Crippen LogP contribution < -0.4 is 0 Å². The van der Waals surface area contributed by atoms with Crippen LogP contribution >= 0.6 is 0 Å². The number of aryl methyl sites for hydroxylation is 1. The van der Waals surface area contributed by atoms with Crippen molar-refractivity contribution in [3.8, 4) is 0 Å². The Bertz CT molecular complexity index is 490. The van der Waals surface area contributed by atoms with Crippen molar-refractivity contribution in [3.05, 3.63) is 35.4 Å². The molecule has 1 rings (SSSR count). The molecule has 0 heterocycles. The molecule has 0 N–H and O–H groups in total. The van der Waals surface area contributed by atoms with Crippen molar-refractivity contribution in [2.24, 2.45) is 11.8 Å². The molecule has 0 saturated heterocycles. The fourth-order valence-electron chi connectivity index (χ4n) is 3.76. The van der Waals surface area contributed by atoms with Gasteiger partial charge in [0.1, 0.15) is 0 Å². The van der Waals surface area contributed by atoms with Crippen molar-refractivity contribution in [1.29, 1.82) is 0 Å². The van der Waals surface area contributed by atoms with E-state index in [1.54, 1.807) is 0 Å². The molecule has 0 saturated carbocycles. The van der Waals surface area contributed by atoms with E-state index in [0.29, 0.717) is 11.8 Å². The molecule has 1 aromatic carbocycles. The smallest absolute Gasteiger partial charge is 0.253 e. The lowest BCUT2D eigenvalue weighted by atomic mass is 9.95. The van der Waals surface area contributed by atoms with Crippen LogP contribution in [0, 0.1) is 11.8 Å². The molecule has 0 radical (unpaired) electrons. The van der Waals surface area contributed by atoms with Crippen molar-refractivity contribution in [3.63, 3.8) is 0 Å². The second-order valence-electron chi connectivity index (χ2n) is 8.09. The summed E-state index contributed by atoms with van der Waals surface area (Å²) in [4.78, 5) is 15.5. The zero-order chi connectivity index (χ0) is 20.1. The predicted molar refractivity (Wildman–Crippen MR) is 118 cm³/mol. The van der Waals surface area contributed by atoms with Crippen molar-refractivity contribution in [2.45, 2.75) is 92.4 Å². The van der Waals surface area contributed by atoms with Gasteiger partial charge in [-0.2, -0.15) is 0 Å². The number of amides is 1. The standard InChI is InChI=1S/C25H43NO/c1-6-11-13-22(9-4)19-26(20-23(10-5)14-12-7-2)25(27)24-17-15-21(8-3)16-18-24/h15-18,22-23H,6-14,19-20H2,1-5H3. The van der Waals surface area contributed by atoms with Crippen molar-refractivity contribution in [2.75, 3.05) is 13.1 Å². The van der Waals surface area contributed by atoms with Crippen LogP contribution in [0.3, 0.4) is 0 Å². The highest BCUT2D eigenvalue weighted by molar-refractivity contribution is 5.94. The van der Waals surface area contributed by atoms with Gasteiger partial charge in [0.05, 0.1) is 0 Å². The van der Waals surface area contributed by atoms with Crippen LogP contribution in [-0.4, -0.2) is 23.9 Å². The fourth-order valence-corrected chi connectivity index (χ4v) is 3.76. The highest BCUT2D eigenvalue weighted by atomic mass is 16.2. The first kappa shape index (κ1) is 23.7. The Kier molecular flexibility index (Phi) is 12.1. The van der Waals surface area contributed by atoms with Gasteiger partial charge in [-0.05, 0) is 48.8 Å². The van der Waals surface area contributed by atoms with Crippen LogP contribution in [0.4, 0.5) is 0 Å². The summed E-state index contributed by atoms with van der Waals surface area (Å²) in [6.07, 6.45) is 10.8. The van der Waals surface area contributed by atoms with Crippen molar-refractivity contribution >= 4 is 5.91 Å². The van der Waals surface area contributed by atoms with Gasteiger partial charge in [-0.1, -0.05) is 85.3 Å². The molecule has 2 heteroatoms. The summed E-state index contributed by atoms with van der Waals surface area (Å²) in [6, 6.07) is 8.25. The average molecular weight is 374 g/mol. The number of carbonyl (C=O) groups excluding carboxylic acids is 1. The van der Waals surface area contributed by atoms with E-state index >= 15 is 0 Å². The molecule has 2 unspecified atom stereocenters. The van der Waals surface area contributed by atoms with E-state index in [1.165, 1.54) is 44.1 Å². The Hall–Kier alpha value is -1.31. The predicted octanol–water partition coefficient (Wildman–Crippen LogP) is 7.12. The molecule has 0 spiro atoms. The normalized spacial score (nSPS) is 13.4. The monoisotopic (exact) mass is 373 g/mol. The lowest BCUT2D eigenvalue weighted by Crippen LogP contribution is -2.39. The maximum atomic E-state index is 13.3. The maximum absolute atomic E-state index is 13.3. The number of nitrogens with zero attached hydrogens (tertiary/aromatic N) is 1. The zero-order valence-electron chi connectivity index (χ0n) is 18.6. The van der Waals surface area contributed by atoms with Crippen LogP contribution in [-0.2, 0) is 6.42 Å². The van der Waals surface area contributed by atoms with Gasteiger partial charge in [0.15, 0.2) is 0 Å². The SMILES string of the molecule is CCCCC(CC)CN(CC(CC)CCCC)C(=O)c1ccc(CC)cc1. The molecule has 0 aromatic heterocycles. The number of hydrogen-bond acceptors (Lipinski definition) is 1. The molecular weight excluding hydrogens is 330 g/mol. The van der Waals surface area contributed by atoms with Crippen LogP contribution in [0.5, 0.6) is 0 Å². The summed E-state index contributed by atoms with van der Waals surface area (Å²) in [5.74, 6) is 1.46. The minimum atomic E-state index is 0.225. The number of rotatable bonds is 14. The van der Waals surface area contributed by atoms with Gasteiger partial charge < -0.3 is 4.90 Å². The highest BCUT2D eigenvalue weighted by Gasteiger charge is 2.22. The Morgan fingerprint density at radius 3 is 1.67 bits per heavy atom. The Morgan fingerprint density at radius 1 is 0.815 bits per heavy atom. The Morgan fingerprint density at radius 2 is 1.30 bits per heavy atom. The molecule has 27 heavy (non-hydrogen) atoms. The first-order chi connectivity index (χ1) is 13.1. The second-order valence-corrected chi connectivity index (χ2v) is 8.09. The van der Waals surface area contributed by atoms with E-state index < -0.39 is 0 Å². The van der Waals surface area contributed by atoms with Gasteiger partial charge in [-0.15, -0.1) is 0 Å². The summed E-state index contributed by atoms with van der Waals surface area (Å²) in [5.41, 5.74) is 2.14. The van der Waals surface area contributed by atoms with E-state index in [2.05, 4.69) is 51.7 Å². The van der Waals surface area contributed by atoms with Gasteiger partial charge in [0, 0.05) is 18.7 Å². The number of benzene rings is 1. The zero-order valence-corrected chi connectivity index (χ0v) is 18.6. The third-order valence-corrected chi connectivity index (χ3v) is 5.94. The summed E-state index contributed by atoms with van der Waals surface area (Å²) in [5, 5.41) is 0. The second kappa shape index (κ2) is 13.8. The van der Waals surface area contributed by atoms with E-state index in [-0.39, 0.29) is 5.91 Å². The van der Waals surface area contributed by atoms with E-state index in [4.69, 9.17) is 0 Å². The van der Waals surface area contributed by atoms with E-state index in [9.17, 15) is 4.79 Å². The average Bonchev–Trinajstić information content (AvgIpc) is 2.72. The molecule has 0 aliphatic heterocycles. The third kappa shape index (κ3) is 8.49. The van der Waals surface area contributed by atoms with Gasteiger partial charge in [0.25, 0.3) is 5.91 Å². The van der Waals surface area contributed by atoms with Crippen LogP contribution in [0.15, 0.2) is 24.3 Å². The molecule has 1 amide bonds. The minimum absolute atomic E-state index is 0.225. The largest absolute Gasteiger partial charge is 0.338 e. The summed E-state index contributed by atoms with van der Waals surface area (Å²) >= 11 is 0. The van der Waals surface area contributed by atoms with Gasteiger partial charge in [-0.3, -0.25) is 4.79 Å². The topological polar surface area (TPSA) is 20.3 Å². The molecule has 0 fully saturated rings. The molecule has 0 bridgehead atoms. The minimum Gasteiger partial charge on any atom is -0.338 e. The van der Waals surface area contributed by atoms with Gasteiger partial charge >= 0.3 is 0 Å². The lowest BCUT2D eigenvalue weighted by molar-refractivity contribution is 0.0685. The molecule has 2 nitrogen and oxygen atoms in total. The first-order valence-electron chi connectivity index (χ1n) is 11.5. The van der Waals surface area contributed by atoms with Crippen LogP contribution in [0.25, 0.3) is 0 Å². The van der Waals surface area contributed by atoms with Gasteiger partial charge in [-0.25, -0.2) is 0 Å². The summed E-state index contributed by atoms with van der Waals surface area (Å²) in [7, 11) is 0. The molecule has 0 aliphatic rings. The maximum Gasteiger partial charge on any atom is 0.253 e. The lowest BCUT2D eigenvalue weighted by Gasteiger charge is -2.31. The first-order valence-corrected chi connectivity index (χ1v) is 11.5. The number of hydrogen-bond donors (Lipinski definition) is 0. The molecule has 1 aromatic rings. The van der Waals surface area contributed by atoms with Crippen LogP contribution in [0.2, 0.25) is 0 Å². The summed E-state index contributed by atoms with van der Waals surface area (Å²) < 4.78 is 0. The van der Waals surface area contributed by atoms with Crippen molar-refractivity contribution < 1.29 is 4.79 Å². The van der Waals surface area contributed by atoms with Gasteiger partial charge in [0.2, 0.25) is 0 Å². The quantitative estimate of drug-likeness (QED) is 0.340.